The molecule has 0 aliphatic carbocycles. The van der Waals surface area contributed by atoms with Gasteiger partial charge in [-0.25, -0.2) is 4.39 Å². The van der Waals surface area contributed by atoms with Crippen molar-refractivity contribution in [1.82, 2.24) is 4.90 Å². The second-order valence-electron chi connectivity index (χ2n) is 10.0. The summed E-state index contributed by atoms with van der Waals surface area (Å²) in [6, 6.07) is 17.4. The van der Waals surface area contributed by atoms with Crippen molar-refractivity contribution >= 4 is 11.1 Å². The molecule has 188 valence electrons. The van der Waals surface area contributed by atoms with E-state index in [2.05, 4.69) is 11.8 Å². The molecule has 5 rings (SSSR count). The molecule has 0 spiro atoms. The van der Waals surface area contributed by atoms with Gasteiger partial charge in [-0.2, -0.15) is 0 Å². The highest BCUT2D eigenvalue weighted by molar-refractivity contribution is 5.97. The van der Waals surface area contributed by atoms with E-state index in [9.17, 15) is 14.6 Å². The molecule has 0 saturated carbocycles. The van der Waals surface area contributed by atoms with E-state index in [0.717, 1.165) is 53.6 Å². The van der Waals surface area contributed by atoms with Gasteiger partial charge in [-0.05, 0) is 79.8 Å². The van der Waals surface area contributed by atoms with Crippen molar-refractivity contribution in [2.24, 2.45) is 5.92 Å². The fourth-order valence-electron chi connectivity index (χ4n) is 5.40. The van der Waals surface area contributed by atoms with Gasteiger partial charge in [0.2, 0.25) is 0 Å². The Kier molecular flexibility index (Phi) is 6.39. The van der Waals surface area contributed by atoms with E-state index in [-0.39, 0.29) is 5.75 Å². The summed E-state index contributed by atoms with van der Waals surface area (Å²) in [5.74, 6) is 0.970. The van der Waals surface area contributed by atoms with Crippen LogP contribution >= 0.6 is 0 Å². The number of fused-ring (bicyclic) bond motifs is 1. The number of phenols is 2. The average Bonchev–Trinajstić information content (AvgIpc) is 3.27. The summed E-state index contributed by atoms with van der Waals surface area (Å²) >= 11 is 0. The van der Waals surface area contributed by atoms with E-state index in [1.165, 1.54) is 18.6 Å². The number of halogens is 1. The monoisotopic (exact) mass is 489 g/mol. The molecule has 1 saturated heterocycles. The number of hydrogen-bond acceptors (Lipinski definition) is 5. The van der Waals surface area contributed by atoms with Crippen molar-refractivity contribution in [3.8, 4) is 23.0 Å². The predicted molar refractivity (Wildman–Crippen MR) is 139 cm³/mol. The Morgan fingerprint density at radius 1 is 1.08 bits per heavy atom. The van der Waals surface area contributed by atoms with Crippen LogP contribution in [0.25, 0.3) is 11.1 Å². The lowest BCUT2D eigenvalue weighted by Gasteiger charge is -2.40. The molecule has 2 aliphatic heterocycles. The van der Waals surface area contributed by atoms with Crippen molar-refractivity contribution in [2.75, 3.05) is 26.2 Å². The minimum Gasteiger partial charge on any atom is -0.508 e. The fraction of sp³-hybridized carbons (Fsp3) is 0.333. The van der Waals surface area contributed by atoms with Gasteiger partial charge in [0.15, 0.2) is 17.2 Å². The number of likely N-dealkylation sites (tertiary alicyclic amines) is 1. The van der Waals surface area contributed by atoms with Crippen LogP contribution < -0.4 is 9.47 Å². The Labute approximate surface area is 211 Å². The quantitative estimate of drug-likeness (QED) is 0.432. The molecule has 6 heteroatoms. The van der Waals surface area contributed by atoms with Crippen LogP contribution in [0.1, 0.15) is 43.9 Å². The Balaban J connectivity index is 1.46. The third kappa shape index (κ3) is 4.53. The largest absolute Gasteiger partial charge is 0.508 e. The van der Waals surface area contributed by atoms with Gasteiger partial charge in [0.05, 0.1) is 0 Å². The van der Waals surface area contributed by atoms with Crippen molar-refractivity contribution in [1.29, 1.82) is 0 Å². The summed E-state index contributed by atoms with van der Waals surface area (Å²) in [7, 11) is 0. The molecule has 5 nitrogen and oxygen atoms in total. The Morgan fingerprint density at radius 2 is 1.81 bits per heavy atom. The second kappa shape index (κ2) is 9.51. The van der Waals surface area contributed by atoms with Crippen LogP contribution in [-0.2, 0) is 5.60 Å². The minimum absolute atomic E-state index is 0.164. The Hall–Kier alpha value is -3.51. The number of nitrogens with zero attached hydrogens (tertiary/aromatic N) is 1. The van der Waals surface area contributed by atoms with Crippen LogP contribution in [0.15, 0.2) is 60.7 Å². The Morgan fingerprint density at radius 3 is 2.47 bits per heavy atom. The maximum atomic E-state index is 14.3. The molecule has 0 amide bonds. The van der Waals surface area contributed by atoms with Gasteiger partial charge < -0.3 is 19.7 Å². The summed E-state index contributed by atoms with van der Waals surface area (Å²) in [4.78, 5) is 2.43. The molecule has 3 aromatic carbocycles. The van der Waals surface area contributed by atoms with Crippen LogP contribution in [-0.4, -0.2) is 41.4 Å². The first-order chi connectivity index (χ1) is 17.2. The van der Waals surface area contributed by atoms with Crippen molar-refractivity contribution in [2.45, 2.75) is 32.8 Å². The van der Waals surface area contributed by atoms with E-state index >= 15 is 0 Å². The van der Waals surface area contributed by atoms with Crippen LogP contribution in [0.4, 0.5) is 4.39 Å². The first kappa shape index (κ1) is 24.2. The van der Waals surface area contributed by atoms with Crippen LogP contribution in [0.5, 0.6) is 23.0 Å². The van der Waals surface area contributed by atoms with Gasteiger partial charge in [0.25, 0.3) is 0 Å². The van der Waals surface area contributed by atoms with Crippen molar-refractivity contribution in [3.63, 3.8) is 0 Å². The Bertz CT molecular complexity index is 1290. The minimum atomic E-state index is -0.928. The zero-order valence-corrected chi connectivity index (χ0v) is 20.9. The first-order valence-electron chi connectivity index (χ1n) is 12.4. The number of allylic oxidation sites excluding steroid dienone is 1. The number of aromatic hydroxyl groups is 2. The molecule has 2 aliphatic rings. The third-order valence-corrected chi connectivity index (χ3v) is 7.36. The molecule has 0 radical (unpaired) electrons. The van der Waals surface area contributed by atoms with E-state index in [0.29, 0.717) is 17.9 Å². The van der Waals surface area contributed by atoms with Crippen molar-refractivity contribution < 1.29 is 24.1 Å². The van der Waals surface area contributed by atoms with Gasteiger partial charge in [-0.1, -0.05) is 31.2 Å². The highest BCUT2D eigenvalue weighted by atomic mass is 19.1. The third-order valence-electron chi connectivity index (χ3n) is 7.36. The molecule has 36 heavy (non-hydrogen) atoms. The lowest BCUT2D eigenvalue weighted by atomic mass is 9.77. The molecule has 2 heterocycles. The zero-order chi connectivity index (χ0) is 25.4. The normalized spacial score (nSPS) is 21.8. The predicted octanol–water partition coefficient (Wildman–Crippen LogP) is 6.20. The van der Waals surface area contributed by atoms with E-state index < -0.39 is 17.2 Å². The highest BCUT2D eigenvalue weighted by Crippen LogP contribution is 2.51. The summed E-state index contributed by atoms with van der Waals surface area (Å²) in [6.07, 6.45) is 1.25. The molecular weight excluding hydrogens is 457 g/mol. The summed E-state index contributed by atoms with van der Waals surface area (Å²) in [5.41, 5.74) is 3.09. The lowest BCUT2D eigenvalue weighted by Crippen LogP contribution is -2.34. The van der Waals surface area contributed by atoms with E-state index in [4.69, 9.17) is 9.47 Å². The maximum absolute atomic E-state index is 14.3. The fourth-order valence-corrected chi connectivity index (χ4v) is 5.40. The standard InChI is InChI=1S/C30H32FNO4/c1-19-12-13-32(18-19)14-15-35-24-10-6-22(7-11-24)30(3)29(21-4-8-23(33)9-5-21)20(2)25-16-26(31)27(34)17-28(25)36-30/h4-11,16-17,19,33-34H,12-15,18H2,1-3H3. The molecular formula is C30H32FNO4. The highest BCUT2D eigenvalue weighted by Gasteiger charge is 2.40. The van der Waals surface area contributed by atoms with Gasteiger partial charge in [-0.15, -0.1) is 0 Å². The maximum Gasteiger partial charge on any atom is 0.165 e. The smallest absolute Gasteiger partial charge is 0.165 e. The number of benzene rings is 3. The number of rotatable bonds is 6. The van der Waals surface area contributed by atoms with Crippen molar-refractivity contribution in [3.05, 3.63) is 83.2 Å². The summed E-state index contributed by atoms with van der Waals surface area (Å²) < 4.78 is 26.8. The van der Waals surface area contributed by atoms with Gasteiger partial charge in [-0.3, -0.25) is 4.90 Å². The van der Waals surface area contributed by atoms with Gasteiger partial charge >= 0.3 is 0 Å². The van der Waals surface area contributed by atoms with E-state index in [1.807, 2.05) is 50.2 Å². The number of phenolic OH excluding ortho intramolecular Hbond substituents is 2. The first-order valence-corrected chi connectivity index (χ1v) is 12.4. The molecule has 2 N–H and O–H groups in total. The molecule has 2 unspecified atom stereocenters. The molecule has 1 fully saturated rings. The lowest BCUT2D eigenvalue weighted by molar-refractivity contribution is 0.147. The SMILES string of the molecule is CC1=C(c2ccc(O)cc2)C(C)(c2ccc(OCCN3CCC(C)C3)cc2)Oc2cc(O)c(F)cc21. The molecule has 2 atom stereocenters. The zero-order valence-electron chi connectivity index (χ0n) is 20.9. The van der Waals surface area contributed by atoms with E-state index in [1.54, 1.807) is 12.1 Å². The number of hydrogen-bond donors (Lipinski definition) is 2. The number of ether oxygens (including phenoxy) is 2. The summed E-state index contributed by atoms with van der Waals surface area (Å²) in [6.45, 7) is 9.98. The molecule has 3 aromatic rings. The average molecular weight is 490 g/mol. The molecule has 0 bridgehead atoms. The van der Waals surface area contributed by atoms with Crippen LogP contribution in [0.3, 0.4) is 0 Å². The van der Waals surface area contributed by atoms with Crippen LogP contribution in [0.2, 0.25) is 0 Å². The van der Waals surface area contributed by atoms with Crippen LogP contribution in [0, 0.1) is 11.7 Å². The second-order valence-corrected chi connectivity index (χ2v) is 10.0. The van der Waals surface area contributed by atoms with Gasteiger partial charge in [0, 0.05) is 30.3 Å². The molecule has 0 aromatic heterocycles. The topological polar surface area (TPSA) is 62.2 Å². The van der Waals surface area contributed by atoms with Gasteiger partial charge in [0.1, 0.15) is 23.9 Å². The summed E-state index contributed by atoms with van der Waals surface area (Å²) in [5, 5.41) is 19.8.